The number of aldehydes is 1. The molecule has 1 heterocycles. The molecule has 0 amide bonds. The summed E-state index contributed by atoms with van der Waals surface area (Å²) in [5.74, 6) is 0.548. The van der Waals surface area contributed by atoms with Gasteiger partial charge in [0.1, 0.15) is 5.69 Å². The number of nitrogens with zero attached hydrogens (tertiary/aromatic N) is 2. The molecule has 0 saturated heterocycles. The quantitative estimate of drug-likeness (QED) is 0.782. The summed E-state index contributed by atoms with van der Waals surface area (Å²) in [6, 6.07) is 9.20. The van der Waals surface area contributed by atoms with Crippen LogP contribution >= 0.6 is 15.9 Å². The Kier molecular flexibility index (Phi) is 2.87. The summed E-state index contributed by atoms with van der Waals surface area (Å²) in [7, 11) is 0. The van der Waals surface area contributed by atoms with Gasteiger partial charge >= 0.3 is 0 Å². The SMILES string of the molecule is O=Cc1ccnc(-c2ccccc2Br)n1. The van der Waals surface area contributed by atoms with Crippen LogP contribution in [0.4, 0.5) is 0 Å². The average molecular weight is 263 g/mol. The van der Waals surface area contributed by atoms with E-state index in [0.29, 0.717) is 17.8 Å². The largest absolute Gasteiger partial charge is 0.296 e. The van der Waals surface area contributed by atoms with E-state index in [2.05, 4.69) is 25.9 Å². The second-order valence-corrected chi connectivity index (χ2v) is 3.76. The predicted octanol–water partition coefficient (Wildman–Crippen LogP) is 2.72. The summed E-state index contributed by atoms with van der Waals surface area (Å²) in [6.45, 7) is 0. The van der Waals surface area contributed by atoms with Crippen molar-refractivity contribution in [1.82, 2.24) is 9.97 Å². The molecule has 0 aliphatic heterocycles. The molecule has 0 bridgehead atoms. The number of halogens is 1. The minimum absolute atomic E-state index is 0.385. The lowest BCUT2D eigenvalue weighted by molar-refractivity contribution is 0.111. The molecular formula is C11H7BrN2O. The van der Waals surface area contributed by atoms with Crippen molar-refractivity contribution in [2.24, 2.45) is 0 Å². The highest BCUT2D eigenvalue weighted by Gasteiger charge is 2.05. The Morgan fingerprint density at radius 2 is 2.00 bits per heavy atom. The molecule has 0 spiro atoms. The van der Waals surface area contributed by atoms with Crippen LogP contribution in [0.3, 0.4) is 0 Å². The van der Waals surface area contributed by atoms with Gasteiger partial charge in [0, 0.05) is 16.2 Å². The van der Waals surface area contributed by atoms with Crippen LogP contribution in [0.25, 0.3) is 11.4 Å². The average Bonchev–Trinajstić information content (AvgIpc) is 2.30. The Morgan fingerprint density at radius 1 is 1.20 bits per heavy atom. The molecule has 74 valence electrons. The first-order valence-electron chi connectivity index (χ1n) is 4.34. The lowest BCUT2D eigenvalue weighted by Crippen LogP contribution is -1.93. The first-order chi connectivity index (χ1) is 7.31. The molecule has 2 aromatic rings. The molecule has 0 aliphatic carbocycles. The molecule has 1 aromatic carbocycles. The molecule has 2 rings (SSSR count). The smallest absolute Gasteiger partial charge is 0.168 e. The molecule has 0 aliphatic rings. The second kappa shape index (κ2) is 4.31. The molecule has 0 fully saturated rings. The maximum atomic E-state index is 10.6. The van der Waals surface area contributed by atoms with Crippen LogP contribution in [0.15, 0.2) is 41.0 Å². The molecule has 0 radical (unpaired) electrons. The van der Waals surface area contributed by atoms with Crippen LogP contribution in [0.5, 0.6) is 0 Å². The Hall–Kier alpha value is -1.55. The highest BCUT2D eigenvalue weighted by atomic mass is 79.9. The van der Waals surface area contributed by atoms with Gasteiger partial charge in [0.15, 0.2) is 12.1 Å². The third-order valence-corrected chi connectivity index (χ3v) is 2.60. The lowest BCUT2D eigenvalue weighted by atomic mass is 10.2. The monoisotopic (exact) mass is 262 g/mol. The lowest BCUT2D eigenvalue weighted by Gasteiger charge is -2.02. The van der Waals surface area contributed by atoms with Gasteiger partial charge in [-0.05, 0) is 12.1 Å². The third kappa shape index (κ3) is 2.10. The molecule has 3 nitrogen and oxygen atoms in total. The number of benzene rings is 1. The third-order valence-electron chi connectivity index (χ3n) is 1.91. The van der Waals surface area contributed by atoms with Crippen LogP contribution in [0, 0.1) is 0 Å². The fourth-order valence-electron chi connectivity index (χ4n) is 1.21. The molecule has 0 N–H and O–H groups in total. The Morgan fingerprint density at radius 3 is 2.73 bits per heavy atom. The first kappa shape index (κ1) is 9.98. The van der Waals surface area contributed by atoms with E-state index in [0.717, 1.165) is 10.0 Å². The van der Waals surface area contributed by atoms with E-state index in [-0.39, 0.29) is 0 Å². The van der Waals surface area contributed by atoms with Gasteiger partial charge in [-0.25, -0.2) is 9.97 Å². The summed E-state index contributed by atoms with van der Waals surface area (Å²) in [5, 5.41) is 0. The van der Waals surface area contributed by atoms with Crippen LogP contribution in [-0.2, 0) is 0 Å². The Labute approximate surface area is 95.3 Å². The van der Waals surface area contributed by atoms with E-state index in [9.17, 15) is 4.79 Å². The predicted molar refractivity (Wildman–Crippen MR) is 60.6 cm³/mol. The normalized spacial score (nSPS) is 9.93. The van der Waals surface area contributed by atoms with Crippen LogP contribution < -0.4 is 0 Å². The first-order valence-corrected chi connectivity index (χ1v) is 5.13. The Balaban J connectivity index is 2.54. The Bertz CT molecular complexity index is 499. The highest BCUT2D eigenvalue weighted by Crippen LogP contribution is 2.24. The van der Waals surface area contributed by atoms with E-state index in [1.807, 2.05) is 24.3 Å². The van der Waals surface area contributed by atoms with Gasteiger partial charge in [-0.1, -0.05) is 34.1 Å². The van der Waals surface area contributed by atoms with Crippen LogP contribution in [0.2, 0.25) is 0 Å². The summed E-state index contributed by atoms with van der Waals surface area (Å²) in [5.41, 5.74) is 1.26. The number of aromatic nitrogens is 2. The van der Waals surface area contributed by atoms with Crippen molar-refractivity contribution in [2.75, 3.05) is 0 Å². The minimum Gasteiger partial charge on any atom is -0.296 e. The number of rotatable bonds is 2. The summed E-state index contributed by atoms with van der Waals surface area (Å²) in [4.78, 5) is 18.8. The van der Waals surface area contributed by atoms with E-state index in [1.165, 1.54) is 0 Å². The topological polar surface area (TPSA) is 42.9 Å². The minimum atomic E-state index is 0.385. The van der Waals surface area contributed by atoms with Crippen molar-refractivity contribution >= 4 is 22.2 Å². The summed E-state index contributed by atoms with van der Waals surface area (Å²) in [6.07, 6.45) is 2.29. The standard InChI is InChI=1S/C11H7BrN2O/c12-10-4-2-1-3-9(10)11-13-6-5-8(7-15)14-11/h1-7H. The van der Waals surface area contributed by atoms with Crippen molar-refractivity contribution in [3.05, 3.63) is 46.7 Å². The maximum Gasteiger partial charge on any atom is 0.168 e. The van der Waals surface area contributed by atoms with Crippen molar-refractivity contribution in [3.8, 4) is 11.4 Å². The van der Waals surface area contributed by atoms with E-state index in [1.54, 1.807) is 12.3 Å². The number of carbonyl (C=O) groups excluding carboxylic acids is 1. The molecule has 0 saturated carbocycles. The van der Waals surface area contributed by atoms with Crippen molar-refractivity contribution < 1.29 is 4.79 Å². The van der Waals surface area contributed by atoms with Crippen LogP contribution in [0.1, 0.15) is 10.5 Å². The summed E-state index contributed by atoms with van der Waals surface area (Å²) < 4.78 is 0.910. The number of hydrogen-bond acceptors (Lipinski definition) is 3. The fourth-order valence-corrected chi connectivity index (χ4v) is 1.67. The van der Waals surface area contributed by atoms with Gasteiger partial charge in [-0.15, -0.1) is 0 Å². The molecule has 4 heteroatoms. The van der Waals surface area contributed by atoms with E-state index in [4.69, 9.17) is 0 Å². The zero-order valence-corrected chi connectivity index (χ0v) is 9.31. The highest BCUT2D eigenvalue weighted by molar-refractivity contribution is 9.10. The summed E-state index contributed by atoms with van der Waals surface area (Å²) >= 11 is 3.41. The molecule has 0 unspecified atom stereocenters. The number of carbonyl (C=O) groups is 1. The zero-order valence-electron chi connectivity index (χ0n) is 7.72. The van der Waals surface area contributed by atoms with Gasteiger partial charge < -0.3 is 0 Å². The van der Waals surface area contributed by atoms with Gasteiger partial charge in [0.2, 0.25) is 0 Å². The van der Waals surface area contributed by atoms with Gasteiger partial charge in [-0.3, -0.25) is 4.79 Å². The molecule has 0 atom stereocenters. The van der Waals surface area contributed by atoms with Crippen molar-refractivity contribution in [1.29, 1.82) is 0 Å². The molecule has 15 heavy (non-hydrogen) atoms. The zero-order chi connectivity index (χ0) is 10.7. The second-order valence-electron chi connectivity index (χ2n) is 2.90. The maximum absolute atomic E-state index is 10.6. The van der Waals surface area contributed by atoms with Crippen LogP contribution in [-0.4, -0.2) is 16.3 Å². The van der Waals surface area contributed by atoms with Crippen molar-refractivity contribution in [2.45, 2.75) is 0 Å². The van der Waals surface area contributed by atoms with Gasteiger partial charge in [0.05, 0.1) is 0 Å². The van der Waals surface area contributed by atoms with Gasteiger partial charge in [-0.2, -0.15) is 0 Å². The molecular weight excluding hydrogens is 256 g/mol. The van der Waals surface area contributed by atoms with E-state index < -0.39 is 0 Å². The van der Waals surface area contributed by atoms with E-state index >= 15 is 0 Å². The van der Waals surface area contributed by atoms with Gasteiger partial charge in [0.25, 0.3) is 0 Å². The molecule has 1 aromatic heterocycles. The fraction of sp³-hybridized carbons (Fsp3) is 0. The number of hydrogen-bond donors (Lipinski definition) is 0. The van der Waals surface area contributed by atoms with Crippen molar-refractivity contribution in [3.63, 3.8) is 0 Å².